The molecule has 0 heterocycles. The second-order valence-electron chi connectivity index (χ2n) is 4.55. The zero-order valence-electron chi connectivity index (χ0n) is 11.2. The summed E-state index contributed by atoms with van der Waals surface area (Å²) >= 11 is 0. The summed E-state index contributed by atoms with van der Waals surface area (Å²) in [7, 11) is 1.69. The van der Waals surface area contributed by atoms with Crippen molar-refractivity contribution in [1.29, 1.82) is 0 Å². The van der Waals surface area contributed by atoms with Crippen LogP contribution < -0.4 is 10.6 Å². The predicted molar refractivity (Wildman–Crippen MR) is 66.4 cm³/mol. The molecular formula is C12H26N2O2. The third kappa shape index (κ3) is 7.65. The molecule has 0 spiro atoms. The molecule has 2 atom stereocenters. The van der Waals surface area contributed by atoms with Crippen LogP contribution in [0.3, 0.4) is 0 Å². The van der Waals surface area contributed by atoms with Crippen molar-refractivity contribution >= 4 is 5.91 Å². The lowest BCUT2D eigenvalue weighted by Gasteiger charge is -2.21. The smallest absolute Gasteiger partial charge is 0.221 e. The number of carbonyl (C=O) groups is 1. The van der Waals surface area contributed by atoms with E-state index in [1.54, 1.807) is 7.11 Å². The van der Waals surface area contributed by atoms with Crippen LogP contribution in [0.1, 0.15) is 40.5 Å². The average molecular weight is 230 g/mol. The summed E-state index contributed by atoms with van der Waals surface area (Å²) in [6, 6.07) is 0.714. The van der Waals surface area contributed by atoms with Gasteiger partial charge in [-0.15, -0.1) is 0 Å². The minimum absolute atomic E-state index is 0.0993. The van der Waals surface area contributed by atoms with Crippen LogP contribution >= 0.6 is 0 Å². The lowest BCUT2D eigenvalue weighted by molar-refractivity contribution is -0.122. The third-order valence-electron chi connectivity index (χ3n) is 2.32. The van der Waals surface area contributed by atoms with E-state index in [1.807, 2.05) is 20.8 Å². The van der Waals surface area contributed by atoms with Gasteiger partial charge in [-0.25, -0.2) is 0 Å². The Hall–Kier alpha value is -0.610. The van der Waals surface area contributed by atoms with Crippen molar-refractivity contribution in [2.45, 2.75) is 58.7 Å². The van der Waals surface area contributed by atoms with Crippen molar-refractivity contribution in [3.8, 4) is 0 Å². The van der Waals surface area contributed by atoms with E-state index in [1.165, 1.54) is 0 Å². The highest BCUT2D eigenvalue weighted by atomic mass is 16.5. The van der Waals surface area contributed by atoms with E-state index in [4.69, 9.17) is 4.74 Å². The van der Waals surface area contributed by atoms with Crippen LogP contribution in [-0.4, -0.2) is 37.7 Å². The second-order valence-corrected chi connectivity index (χ2v) is 4.55. The van der Waals surface area contributed by atoms with Gasteiger partial charge in [0.15, 0.2) is 0 Å². The van der Waals surface area contributed by atoms with Crippen molar-refractivity contribution in [3.05, 3.63) is 0 Å². The normalized spacial score (nSPS) is 14.9. The van der Waals surface area contributed by atoms with Crippen molar-refractivity contribution in [3.63, 3.8) is 0 Å². The molecule has 2 N–H and O–H groups in total. The first kappa shape index (κ1) is 15.4. The molecule has 0 aromatic rings. The largest absolute Gasteiger partial charge is 0.383 e. The molecule has 0 radical (unpaired) electrons. The Morgan fingerprint density at radius 3 is 2.38 bits per heavy atom. The molecule has 1 amide bonds. The number of nitrogens with one attached hydrogen (secondary N) is 2. The fourth-order valence-electron chi connectivity index (χ4n) is 1.61. The van der Waals surface area contributed by atoms with Crippen LogP contribution in [0, 0.1) is 0 Å². The van der Waals surface area contributed by atoms with Gasteiger partial charge < -0.3 is 15.4 Å². The SMILES string of the molecule is CCC(COC)NC(C)CC(=O)NC(C)C. The highest BCUT2D eigenvalue weighted by Crippen LogP contribution is 1.98. The summed E-state index contributed by atoms with van der Waals surface area (Å²) in [5, 5.41) is 6.27. The van der Waals surface area contributed by atoms with Crippen LogP contribution in [-0.2, 0) is 9.53 Å². The van der Waals surface area contributed by atoms with Gasteiger partial charge in [0.25, 0.3) is 0 Å². The maximum atomic E-state index is 11.5. The Balaban J connectivity index is 3.86. The van der Waals surface area contributed by atoms with Gasteiger partial charge in [-0.05, 0) is 27.2 Å². The highest BCUT2D eigenvalue weighted by molar-refractivity contribution is 5.76. The number of amides is 1. The predicted octanol–water partition coefficient (Wildman–Crippen LogP) is 1.30. The van der Waals surface area contributed by atoms with Crippen LogP contribution in [0.2, 0.25) is 0 Å². The van der Waals surface area contributed by atoms with Gasteiger partial charge in [-0.2, -0.15) is 0 Å². The maximum absolute atomic E-state index is 11.5. The van der Waals surface area contributed by atoms with E-state index in [0.717, 1.165) is 6.42 Å². The highest BCUT2D eigenvalue weighted by Gasteiger charge is 2.13. The molecule has 0 fully saturated rings. The Morgan fingerprint density at radius 1 is 1.31 bits per heavy atom. The first-order valence-corrected chi connectivity index (χ1v) is 6.03. The van der Waals surface area contributed by atoms with E-state index < -0.39 is 0 Å². The fraction of sp³-hybridized carbons (Fsp3) is 0.917. The molecule has 16 heavy (non-hydrogen) atoms. The topological polar surface area (TPSA) is 50.4 Å². The van der Waals surface area contributed by atoms with E-state index in [0.29, 0.717) is 19.1 Å². The molecule has 4 heteroatoms. The van der Waals surface area contributed by atoms with Crippen molar-refractivity contribution in [1.82, 2.24) is 10.6 Å². The van der Waals surface area contributed by atoms with Gasteiger partial charge in [0.05, 0.1) is 6.61 Å². The molecule has 0 rings (SSSR count). The number of hydrogen-bond donors (Lipinski definition) is 2. The number of methoxy groups -OCH3 is 1. The van der Waals surface area contributed by atoms with Gasteiger partial charge in [0, 0.05) is 31.7 Å². The quantitative estimate of drug-likeness (QED) is 0.661. The molecule has 2 unspecified atom stereocenters. The summed E-state index contributed by atoms with van der Waals surface area (Å²) < 4.78 is 5.10. The maximum Gasteiger partial charge on any atom is 0.221 e. The lowest BCUT2D eigenvalue weighted by atomic mass is 10.1. The molecule has 96 valence electrons. The first-order valence-electron chi connectivity index (χ1n) is 6.03. The summed E-state index contributed by atoms with van der Waals surface area (Å²) in [5.74, 6) is 0.0993. The van der Waals surface area contributed by atoms with Crippen molar-refractivity contribution in [2.24, 2.45) is 0 Å². The van der Waals surface area contributed by atoms with E-state index in [2.05, 4.69) is 17.6 Å². The van der Waals surface area contributed by atoms with Crippen LogP contribution in [0.15, 0.2) is 0 Å². The number of hydrogen-bond acceptors (Lipinski definition) is 3. The van der Waals surface area contributed by atoms with E-state index in [-0.39, 0.29) is 18.0 Å². The average Bonchev–Trinajstić information content (AvgIpc) is 2.15. The standard InChI is InChI=1S/C12H26N2O2/c1-6-11(8-16-5)14-10(4)7-12(15)13-9(2)3/h9-11,14H,6-8H2,1-5H3,(H,13,15). The molecule has 0 aliphatic carbocycles. The molecule has 0 aromatic heterocycles. The second kappa shape index (κ2) is 8.53. The lowest BCUT2D eigenvalue weighted by Crippen LogP contribution is -2.42. The number of ether oxygens (including phenoxy) is 1. The van der Waals surface area contributed by atoms with Gasteiger partial charge >= 0.3 is 0 Å². The first-order chi connectivity index (χ1) is 7.49. The van der Waals surface area contributed by atoms with Crippen LogP contribution in [0.4, 0.5) is 0 Å². The molecule has 0 saturated carbocycles. The van der Waals surface area contributed by atoms with Crippen molar-refractivity contribution < 1.29 is 9.53 Å². The Kier molecular flexibility index (Phi) is 8.21. The Morgan fingerprint density at radius 2 is 1.94 bits per heavy atom. The van der Waals surface area contributed by atoms with Gasteiger partial charge in [-0.1, -0.05) is 6.92 Å². The Labute approximate surface area is 99.1 Å². The Bertz CT molecular complexity index is 195. The summed E-state index contributed by atoms with van der Waals surface area (Å²) in [6.07, 6.45) is 1.52. The molecule has 0 aliphatic rings. The molecule has 0 saturated heterocycles. The monoisotopic (exact) mass is 230 g/mol. The van der Waals surface area contributed by atoms with Gasteiger partial charge in [-0.3, -0.25) is 4.79 Å². The fourth-order valence-corrected chi connectivity index (χ4v) is 1.61. The molecule has 0 aliphatic heterocycles. The van der Waals surface area contributed by atoms with E-state index >= 15 is 0 Å². The van der Waals surface area contributed by atoms with E-state index in [9.17, 15) is 4.79 Å². The third-order valence-corrected chi connectivity index (χ3v) is 2.32. The van der Waals surface area contributed by atoms with Gasteiger partial charge in [0.1, 0.15) is 0 Å². The van der Waals surface area contributed by atoms with Crippen LogP contribution in [0.5, 0.6) is 0 Å². The number of rotatable bonds is 8. The van der Waals surface area contributed by atoms with Crippen LogP contribution in [0.25, 0.3) is 0 Å². The molecule has 0 bridgehead atoms. The zero-order chi connectivity index (χ0) is 12.6. The summed E-state index contributed by atoms with van der Waals surface area (Å²) in [6.45, 7) is 8.76. The zero-order valence-corrected chi connectivity index (χ0v) is 11.2. The minimum Gasteiger partial charge on any atom is -0.383 e. The number of carbonyl (C=O) groups excluding carboxylic acids is 1. The molecule has 0 aromatic carbocycles. The summed E-state index contributed by atoms with van der Waals surface area (Å²) in [4.78, 5) is 11.5. The van der Waals surface area contributed by atoms with Gasteiger partial charge in [0.2, 0.25) is 5.91 Å². The molecule has 4 nitrogen and oxygen atoms in total. The summed E-state index contributed by atoms with van der Waals surface area (Å²) in [5.41, 5.74) is 0. The molecular weight excluding hydrogens is 204 g/mol. The minimum atomic E-state index is 0.0993. The van der Waals surface area contributed by atoms with Crippen molar-refractivity contribution in [2.75, 3.05) is 13.7 Å².